The first-order valence-corrected chi connectivity index (χ1v) is 6.05. The second-order valence-electron chi connectivity index (χ2n) is 4.42. The van der Waals surface area contributed by atoms with Crippen LogP contribution in [0.2, 0.25) is 0 Å². The van der Waals surface area contributed by atoms with Gasteiger partial charge in [0.05, 0.1) is 6.04 Å². The molecule has 1 unspecified atom stereocenters. The van der Waals surface area contributed by atoms with E-state index in [1.165, 1.54) is 11.1 Å². The zero-order valence-electron chi connectivity index (χ0n) is 10.7. The number of rotatable bonds is 4. The average Bonchev–Trinajstić information content (AvgIpc) is 2.41. The van der Waals surface area contributed by atoms with E-state index in [9.17, 15) is 4.79 Å². The van der Waals surface area contributed by atoms with Crippen LogP contribution >= 0.6 is 0 Å². The number of carbonyl (C=O) groups excluding carboxylic acids is 1. The van der Waals surface area contributed by atoms with E-state index in [1.807, 2.05) is 36.4 Å². The van der Waals surface area contributed by atoms with E-state index in [0.717, 1.165) is 17.5 Å². The molecule has 0 aromatic heterocycles. The lowest BCUT2D eigenvalue weighted by Crippen LogP contribution is -2.21. The van der Waals surface area contributed by atoms with E-state index < -0.39 is 0 Å². The summed E-state index contributed by atoms with van der Waals surface area (Å²) < 4.78 is 0. The molecule has 0 saturated carbocycles. The van der Waals surface area contributed by atoms with Gasteiger partial charge in [0.2, 0.25) is 6.41 Å². The van der Waals surface area contributed by atoms with Crippen molar-refractivity contribution in [2.24, 2.45) is 0 Å². The minimum absolute atomic E-state index is 0.0800. The molecule has 1 amide bonds. The Kier molecular flexibility index (Phi) is 3.78. The Morgan fingerprint density at radius 1 is 1.00 bits per heavy atom. The summed E-state index contributed by atoms with van der Waals surface area (Å²) in [6.45, 7) is 4.18. The van der Waals surface area contributed by atoms with E-state index in [0.29, 0.717) is 0 Å². The Morgan fingerprint density at radius 2 is 1.72 bits per heavy atom. The third-order valence-electron chi connectivity index (χ3n) is 3.33. The van der Waals surface area contributed by atoms with Crippen molar-refractivity contribution in [2.75, 3.05) is 0 Å². The molecule has 18 heavy (non-hydrogen) atoms. The molecular weight excluding hydrogens is 222 g/mol. The third kappa shape index (κ3) is 2.43. The highest BCUT2D eigenvalue weighted by atomic mass is 16.1. The summed E-state index contributed by atoms with van der Waals surface area (Å²) in [7, 11) is 0. The van der Waals surface area contributed by atoms with Crippen LogP contribution in [-0.2, 0) is 4.79 Å². The predicted molar refractivity (Wildman–Crippen MR) is 73.4 cm³/mol. The lowest BCUT2D eigenvalue weighted by Gasteiger charge is -2.20. The smallest absolute Gasteiger partial charge is 0.207 e. The largest absolute Gasteiger partial charge is 0.348 e. The molecule has 92 valence electrons. The quantitative estimate of drug-likeness (QED) is 0.816. The Morgan fingerprint density at radius 3 is 2.39 bits per heavy atom. The Bertz CT molecular complexity index is 534. The molecule has 0 aliphatic rings. The highest BCUT2D eigenvalue weighted by Crippen LogP contribution is 2.25. The fourth-order valence-electron chi connectivity index (χ4n) is 2.17. The van der Waals surface area contributed by atoms with Crippen LogP contribution < -0.4 is 5.32 Å². The van der Waals surface area contributed by atoms with Crippen LogP contribution in [0.3, 0.4) is 0 Å². The fourth-order valence-corrected chi connectivity index (χ4v) is 2.17. The van der Waals surface area contributed by atoms with E-state index in [2.05, 4.69) is 31.3 Å². The fraction of sp³-hybridized carbons (Fsp3) is 0.188. The second-order valence-corrected chi connectivity index (χ2v) is 4.42. The van der Waals surface area contributed by atoms with Crippen LogP contribution in [-0.4, -0.2) is 6.41 Å². The molecule has 0 saturated heterocycles. The number of nitrogens with one attached hydrogen (secondary N) is 1. The van der Waals surface area contributed by atoms with Crippen molar-refractivity contribution in [3.05, 3.63) is 70.8 Å². The molecule has 1 atom stereocenters. The summed E-state index contributed by atoms with van der Waals surface area (Å²) in [6.07, 6.45) is 0.763. The van der Waals surface area contributed by atoms with Gasteiger partial charge in [-0.25, -0.2) is 0 Å². The van der Waals surface area contributed by atoms with Crippen molar-refractivity contribution in [2.45, 2.75) is 19.9 Å². The monoisotopic (exact) mass is 239 g/mol. The van der Waals surface area contributed by atoms with Crippen LogP contribution in [0.5, 0.6) is 0 Å². The van der Waals surface area contributed by atoms with E-state index in [-0.39, 0.29) is 6.04 Å². The zero-order chi connectivity index (χ0) is 13.0. The topological polar surface area (TPSA) is 29.1 Å². The maximum Gasteiger partial charge on any atom is 0.207 e. The number of carbonyl (C=O) groups is 1. The number of aryl methyl sites for hydroxylation is 1. The van der Waals surface area contributed by atoms with Crippen LogP contribution in [0.4, 0.5) is 0 Å². The van der Waals surface area contributed by atoms with Gasteiger partial charge >= 0.3 is 0 Å². The lowest BCUT2D eigenvalue weighted by molar-refractivity contribution is -0.110. The van der Waals surface area contributed by atoms with Crippen molar-refractivity contribution in [3.63, 3.8) is 0 Å². The van der Waals surface area contributed by atoms with Crippen molar-refractivity contribution >= 4 is 6.41 Å². The van der Waals surface area contributed by atoms with Gasteiger partial charge in [0, 0.05) is 0 Å². The van der Waals surface area contributed by atoms with Gasteiger partial charge in [-0.05, 0) is 36.1 Å². The summed E-state index contributed by atoms with van der Waals surface area (Å²) >= 11 is 0. The van der Waals surface area contributed by atoms with Gasteiger partial charge in [0.1, 0.15) is 0 Å². The van der Waals surface area contributed by atoms with Crippen molar-refractivity contribution < 1.29 is 4.79 Å². The van der Waals surface area contributed by atoms with Gasteiger partial charge in [-0.1, -0.05) is 48.5 Å². The molecular formula is C16H17NO. The minimum atomic E-state index is -0.0800. The van der Waals surface area contributed by atoms with Crippen molar-refractivity contribution in [1.29, 1.82) is 0 Å². The van der Waals surface area contributed by atoms with Crippen LogP contribution in [0.1, 0.15) is 28.3 Å². The summed E-state index contributed by atoms with van der Waals surface area (Å²) in [4.78, 5) is 10.8. The van der Waals surface area contributed by atoms with E-state index >= 15 is 0 Å². The summed E-state index contributed by atoms with van der Waals surface area (Å²) in [5, 5.41) is 2.90. The van der Waals surface area contributed by atoms with Gasteiger partial charge in [0.25, 0.3) is 0 Å². The molecule has 0 spiro atoms. The highest BCUT2D eigenvalue weighted by molar-refractivity contribution is 5.52. The molecule has 2 aromatic rings. The molecule has 0 radical (unpaired) electrons. The Labute approximate surface area is 108 Å². The molecule has 1 N–H and O–H groups in total. The van der Waals surface area contributed by atoms with Crippen molar-refractivity contribution in [1.82, 2.24) is 5.32 Å². The van der Waals surface area contributed by atoms with Crippen LogP contribution in [0.15, 0.2) is 48.5 Å². The zero-order valence-corrected chi connectivity index (χ0v) is 10.7. The van der Waals surface area contributed by atoms with Gasteiger partial charge in [-0.3, -0.25) is 4.79 Å². The Balaban J connectivity index is 2.48. The average molecular weight is 239 g/mol. The molecule has 2 nitrogen and oxygen atoms in total. The highest BCUT2D eigenvalue weighted by Gasteiger charge is 2.15. The first-order chi connectivity index (χ1) is 8.74. The van der Waals surface area contributed by atoms with Crippen LogP contribution in [0.25, 0.3) is 0 Å². The number of amides is 1. The molecule has 0 aliphatic carbocycles. The molecule has 0 bridgehead atoms. The normalized spacial score (nSPS) is 11.9. The van der Waals surface area contributed by atoms with E-state index in [1.54, 1.807) is 0 Å². The summed E-state index contributed by atoms with van der Waals surface area (Å²) in [5.41, 5.74) is 4.70. The number of hydrogen-bond acceptors (Lipinski definition) is 1. The van der Waals surface area contributed by atoms with Crippen LogP contribution in [0, 0.1) is 13.8 Å². The minimum Gasteiger partial charge on any atom is -0.348 e. The maximum absolute atomic E-state index is 10.8. The number of benzene rings is 2. The standard InChI is InChI=1S/C16H17NO/c1-12-7-6-10-15(13(12)2)16(17-11-18)14-8-4-3-5-9-14/h3-11,16H,1-2H3,(H,17,18). The SMILES string of the molecule is Cc1cccc(C(NC=O)c2ccccc2)c1C. The number of hydrogen-bond donors (Lipinski definition) is 1. The maximum atomic E-state index is 10.8. The van der Waals surface area contributed by atoms with Gasteiger partial charge in [-0.15, -0.1) is 0 Å². The molecule has 2 aromatic carbocycles. The first-order valence-electron chi connectivity index (χ1n) is 6.05. The Hall–Kier alpha value is -2.09. The second kappa shape index (κ2) is 5.50. The van der Waals surface area contributed by atoms with Gasteiger partial charge in [0.15, 0.2) is 0 Å². The lowest BCUT2D eigenvalue weighted by atomic mass is 9.93. The van der Waals surface area contributed by atoms with Crippen molar-refractivity contribution in [3.8, 4) is 0 Å². The molecule has 0 fully saturated rings. The third-order valence-corrected chi connectivity index (χ3v) is 3.33. The summed E-state index contributed by atoms with van der Waals surface area (Å²) in [5.74, 6) is 0. The molecule has 0 aliphatic heterocycles. The summed E-state index contributed by atoms with van der Waals surface area (Å²) in [6, 6.07) is 16.1. The molecule has 2 heteroatoms. The van der Waals surface area contributed by atoms with E-state index in [4.69, 9.17) is 0 Å². The van der Waals surface area contributed by atoms with Gasteiger partial charge in [-0.2, -0.15) is 0 Å². The first kappa shape index (κ1) is 12.4. The van der Waals surface area contributed by atoms with Gasteiger partial charge < -0.3 is 5.32 Å². The predicted octanol–water partition coefficient (Wildman–Crippen LogP) is 3.14. The molecule has 0 heterocycles. The molecule has 2 rings (SSSR count).